The van der Waals surface area contributed by atoms with E-state index in [9.17, 15) is 21.2 Å². The Balaban J connectivity index is 2.39. The number of rotatable bonds is 8. The van der Waals surface area contributed by atoms with Gasteiger partial charge in [0.15, 0.2) is 9.84 Å². The molecule has 0 saturated heterocycles. The molecule has 1 atom stereocenters. The van der Waals surface area contributed by atoms with E-state index in [0.29, 0.717) is 12.0 Å². The summed E-state index contributed by atoms with van der Waals surface area (Å²) in [6.45, 7) is 1.39. The van der Waals surface area contributed by atoms with Gasteiger partial charge < -0.3 is 0 Å². The fourth-order valence-electron chi connectivity index (χ4n) is 2.31. The van der Waals surface area contributed by atoms with E-state index in [2.05, 4.69) is 9.71 Å². The number of aromatic nitrogens is 1. The van der Waals surface area contributed by atoms with Crippen LogP contribution in [0.2, 0.25) is 0 Å². The van der Waals surface area contributed by atoms with Crippen molar-refractivity contribution < 1.29 is 21.2 Å². The Morgan fingerprint density at radius 1 is 1.12 bits per heavy atom. The van der Waals surface area contributed by atoms with E-state index >= 15 is 0 Å². The quantitative estimate of drug-likeness (QED) is 0.701. The third-order valence-electron chi connectivity index (χ3n) is 3.53. The Bertz CT molecular complexity index is 899. The number of hydrogen-bond donors (Lipinski definition) is 1. The average Bonchev–Trinajstić information content (AvgIpc) is 2.56. The molecule has 0 saturated carbocycles. The first kappa shape index (κ1) is 19.5. The van der Waals surface area contributed by atoms with Crippen molar-refractivity contribution in [1.29, 1.82) is 0 Å². The van der Waals surface area contributed by atoms with Gasteiger partial charge in [-0.15, -0.1) is 0 Å². The molecule has 2 aromatic rings. The monoisotopic (exact) mass is 386 g/mol. The number of nitrogens with one attached hydrogen (secondary N) is 1. The first-order valence-electron chi connectivity index (χ1n) is 7.63. The maximum Gasteiger partial charge on any atom is 0.211 e. The molecule has 0 fully saturated rings. The van der Waals surface area contributed by atoms with Gasteiger partial charge in [0.1, 0.15) is 11.1 Å². The highest BCUT2D eigenvalue weighted by molar-refractivity contribution is 7.92. The molecule has 0 aliphatic rings. The fraction of sp³-hybridized carbons (Fsp3) is 0.312. The Morgan fingerprint density at radius 3 is 2.36 bits per heavy atom. The van der Waals surface area contributed by atoms with Crippen LogP contribution in [0.4, 0.5) is 4.39 Å². The molecule has 1 aromatic heterocycles. The fourth-order valence-corrected chi connectivity index (χ4v) is 5.16. The highest BCUT2D eigenvalue weighted by Crippen LogP contribution is 2.28. The van der Waals surface area contributed by atoms with Gasteiger partial charge in [0, 0.05) is 18.9 Å². The first-order valence-corrected chi connectivity index (χ1v) is 10.8. The molecule has 0 radical (unpaired) electrons. The van der Waals surface area contributed by atoms with E-state index in [-0.39, 0.29) is 17.2 Å². The van der Waals surface area contributed by atoms with E-state index in [1.54, 1.807) is 19.1 Å². The Kier molecular flexibility index (Phi) is 6.26. The molecule has 2 rings (SSSR count). The first-order chi connectivity index (χ1) is 11.8. The van der Waals surface area contributed by atoms with Crippen molar-refractivity contribution in [3.8, 4) is 0 Å². The van der Waals surface area contributed by atoms with Gasteiger partial charge in [-0.2, -0.15) is 0 Å². The molecule has 1 N–H and O–H groups in total. The summed E-state index contributed by atoms with van der Waals surface area (Å²) < 4.78 is 65.1. The van der Waals surface area contributed by atoms with Gasteiger partial charge in [0.25, 0.3) is 0 Å². The predicted molar refractivity (Wildman–Crippen MR) is 92.6 cm³/mol. The van der Waals surface area contributed by atoms with E-state index in [4.69, 9.17) is 0 Å². The molecule has 136 valence electrons. The van der Waals surface area contributed by atoms with Crippen LogP contribution in [0.3, 0.4) is 0 Å². The molecular weight excluding hydrogens is 367 g/mol. The van der Waals surface area contributed by atoms with Gasteiger partial charge in [-0.25, -0.2) is 25.9 Å². The molecule has 0 amide bonds. The highest BCUT2D eigenvalue weighted by Gasteiger charge is 2.30. The summed E-state index contributed by atoms with van der Waals surface area (Å²) in [5.41, 5.74) is 0.353. The van der Waals surface area contributed by atoms with Gasteiger partial charge in [0.2, 0.25) is 10.0 Å². The second kappa shape index (κ2) is 8.03. The van der Waals surface area contributed by atoms with Gasteiger partial charge in [0.05, 0.1) is 10.6 Å². The second-order valence-corrected chi connectivity index (χ2v) is 9.50. The van der Waals surface area contributed by atoms with Crippen LogP contribution in [0.25, 0.3) is 0 Å². The number of nitrogens with zero attached hydrogens (tertiary/aromatic N) is 1. The van der Waals surface area contributed by atoms with Crippen molar-refractivity contribution in [3.63, 3.8) is 0 Å². The lowest BCUT2D eigenvalue weighted by Crippen LogP contribution is -2.33. The van der Waals surface area contributed by atoms with Crippen molar-refractivity contribution in [2.75, 3.05) is 12.3 Å². The topological polar surface area (TPSA) is 93.2 Å². The molecule has 0 bridgehead atoms. The molecule has 0 unspecified atom stereocenters. The SMILES string of the molecule is CCCS(=O)(=O)NC[C@H](c1cccnc1)S(=O)(=O)c1ccc(F)cc1. The molecular formula is C16H19FN2O4S2. The zero-order valence-corrected chi connectivity index (χ0v) is 15.2. The molecule has 25 heavy (non-hydrogen) atoms. The lowest BCUT2D eigenvalue weighted by Gasteiger charge is -2.18. The average molecular weight is 386 g/mol. The summed E-state index contributed by atoms with van der Waals surface area (Å²) in [6, 6.07) is 7.56. The van der Waals surface area contributed by atoms with Gasteiger partial charge >= 0.3 is 0 Å². The summed E-state index contributed by atoms with van der Waals surface area (Å²) in [6.07, 6.45) is 3.28. The number of benzene rings is 1. The van der Waals surface area contributed by atoms with Crippen LogP contribution >= 0.6 is 0 Å². The second-order valence-electron chi connectivity index (χ2n) is 5.44. The Labute approximate surface area is 147 Å². The van der Waals surface area contributed by atoms with E-state index < -0.39 is 30.9 Å². The van der Waals surface area contributed by atoms with E-state index in [1.807, 2.05) is 0 Å². The van der Waals surface area contributed by atoms with Crippen molar-refractivity contribution in [3.05, 3.63) is 60.2 Å². The van der Waals surface area contributed by atoms with Gasteiger partial charge in [-0.05, 0) is 42.3 Å². The number of sulfone groups is 1. The van der Waals surface area contributed by atoms with Crippen molar-refractivity contribution in [1.82, 2.24) is 9.71 Å². The predicted octanol–water partition coefficient (Wildman–Crippen LogP) is 2.07. The number of halogens is 1. The number of sulfonamides is 1. The molecule has 9 heteroatoms. The van der Waals surface area contributed by atoms with Crippen LogP contribution in [-0.2, 0) is 19.9 Å². The molecule has 0 spiro atoms. The zero-order chi connectivity index (χ0) is 18.5. The van der Waals surface area contributed by atoms with Gasteiger partial charge in [-0.1, -0.05) is 13.0 Å². The summed E-state index contributed by atoms with van der Waals surface area (Å²) in [5, 5.41) is -1.17. The standard InChI is InChI=1S/C16H19FN2O4S2/c1-2-10-24(20,21)19-12-16(13-4-3-9-18-11-13)25(22,23)15-7-5-14(17)6-8-15/h3-9,11,16,19H,2,10,12H2,1H3/t16-/m1/s1. The number of pyridine rings is 1. The maximum atomic E-state index is 13.1. The normalized spacial score (nSPS) is 13.5. The third-order valence-corrected chi connectivity index (χ3v) is 7.20. The molecule has 1 aromatic carbocycles. The lowest BCUT2D eigenvalue weighted by atomic mass is 10.2. The van der Waals surface area contributed by atoms with Crippen LogP contribution in [0, 0.1) is 5.82 Å². The lowest BCUT2D eigenvalue weighted by molar-refractivity contribution is 0.567. The van der Waals surface area contributed by atoms with E-state index in [0.717, 1.165) is 24.3 Å². The molecule has 0 aliphatic heterocycles. The number of hydrogen-bond acceptors (Lipinski definition) is 5. The van der Waals surface area contributed by atoms with Crippen LogP contribution in [0.1, 0.15) is 24.2 Å². The van der Waals surface area contributed by atoms with Crippen molar-refractivity contribution >= 4 is 19.9 Å². The molecule has 1 heterocycles. The summed E-state index contributed by atoms with van der Waals surface area (Å²) in [7, 11) is -7.52. The summed E-state index contributed by atoms with van der Waals surface area (Å²) >= 11 is 0. The van der Waals surface area contributed by atoms with Gasteiger partial charge in [-0.3, -0.25) is 4.98 Å². The summed E-state index contributed by atoms with van der Waals surface area (Å²) in [4.78, 5) is 3.82. The van der Waals surface area contributed by atoms with Crippen LogP contribution < -0.4 is 4.72 Å². The van der Waals surface area contributed by atoms with Crippen LogP contribution in [0.15, 0.2) is 53.7 Å². The van der Waals surface area contributed by atoms with Crippen LogP contribution in [0.5, 0.6) is 0 Å². The minimum atomic E-state index is -3.94. The minimum absolute atomic E-state index is 0.0857. The largest absolute Gasteiger partial charge is 0.264 e. The Morgan fingerprint density at radius 2 is 1.80 bits per heavy atom. The third kappa shape index (κ3) is 5.07. The Hall–Kier alpha value is -1.84. The highest BCUT2D eigenvalue weighted by atomic mass is 32.2. The van der Waals surface area contributed by atoms with Crippen molar-refractivity contribution in [2.24, 2.45) is 0 Å². The molecule has 0 aliphatic carbocycles. The molecule has 6 nitrogen and oxygen atoms in total. The van der Waals surface area contributed by atoms with Crippen molar-refractivity contribution in [2.45, 2.75) is 23.5 Å². The van der Waals surface area contributed by atoms with Crippen LogP contribution in [-0.4, -0.2) is 34.1 Å². The zero-order valence-electron chi connectivity index (χ0n) is 13.6. The van der Waals surface area contributed by atoms with E-state index in [1.165, 1.54) is 12.4 Å². The smallest absolute Gasteiger partial charge is 0.211 e. The maximum absolute atomic E-state index is 13.1. The summed E-state index contributed by atoms with van der Waals surface area (Å²) in [5.74, 6) is -0.649. The minimum Gasteiger partial charge on any atom is -0.264 e.